The van der Waals surface area contributed by atoms with Gasteiger partial charge >= 0.3 is 0 Å². The van der Waals surface area contributed by atoms with Crippen molar-refractivity contribution in [1.82, 2.24) is 10.2 Å². The van der Waals surface area contributed by atoms with Crippen molar-refractivity contribution in [2.75, 3.05) is 33.3 Å². The number of rotatable bonds is 6. The molecule has 1 N–H and O–H groups in total. The zero-order valence-electron chi connectivity index (χ0n) is 12.2. The summed E-state index contributed by atoms with van der Waals surface area (Å²) >= 11 is 0. The summed E-state index contributed by atoms with van der Waals surface area (Å²) < 4.78 is 5.19. The number of nitrogens with zero attached hydrogens (tertiary/aromatic N) is 1. The monoisotopic (exact) mass is 262 g/mol. The molecule has 0 bridgehead atoms. The molecule has 1 fully saturated rings. The summed E-state index contributed by atoms with van der Waals surface area (Å²) in [6.07, 6.45) is 3.70. The third-order valence-corrected chi connectivity index (χ3v) is 3.94. The second-order valence-electron chi connectivity index (χ2n) is 5.28. The van der Waals surface area contributed by atoms with Gasteiger partial charge < -0.3 is 10.1 Å². The number of methoxy groups -OCH3 is 1. The number of nitrogens with one attached hydrogen (secondary N) is 1. The Morgan fingerprint density at radius 2 is 2.11 bits per heavy atom. The highest BCUT2D eigenvalue weighted by Crippen LogP contribution is 2.14. The van der Waals surface area contributed by atoms with Gasteiger partial charge in [0.1, 0.15) is 5.75 Å². The van der Waals surface area contributed by atoms with Crippen LogP contribution in [0.25, 0.3) is 0 Å². The van der Waals surface area contributed by atoms with Gasteiger partial charge in [-0.2, -0.15) is 0 Å². The molecule has 0 spiro atoms. The summed E-state index contributed by atoms with van der Waals surface area (Å²) in [6.45, 7) is 6.90. The van der Waals surface area contributed by atoms with E-state index in [0.717, 1.165) is 31.3 Å². The fourth-order valence-corrected chi connectivity index (χ4v) is 2.78. The van der Waals surface area contributed by atoms with Crippen molar-refractivity contribution in [3.63, 3.8) is 0 Å². The molecule has 0 aromatic heterocycles. The molecule has 2 rings (SSSR count). The van der Waals surface area contributed by atoms with Crippen molar-refractivity contribution < 1.29 is 4.74 Å². The minimum atomic E-state index is 0.719. The maximum absolute atomic E-state index is 5.19. The van der Waals surface area contributed by atoms with Crippen molar-refractivity contribution >= 4 is 0 Å². The van der Waals surface area contributed by atoms with E-state index >= 15 is 0 Å². The summed E-state index contributed by atoms with van der Waals surface area (Å²) in [5.74, 6) is 0.940. The molecule has 1 aliphatic heterocycles. The van der Waals surface area contributed by atoms with Crippen LogP contribution in [-0.4, -0.2) is 44.2 Å². The summed E-state index contributed by atoms with van der Waals surface area (Å²) in [7, 11) is 1.71. The molecule has 1 atom stereocenters. The average Bonchev–Trinajstić information content (AvgIpc) is 2.47. The van der Waals surface area contributed by atoms with Gasteiger partial charge in [0.25, 0.3) is 0 Å². The van der Waals surface area contributed by atoms with E-state index in [-0.39, 0.29) is 0 Å². The highest BCUT2D eigenvalue weighted by Gasteiger charge is 2.20. The molecule has 1 unspecified atom stereocenters. The molecule has 19 heavy (non-hydrogen) atoms. The van der Waals surface area contributed by atoms with Gasteiger partial charge in [0.05, 0.1) is 7.11 Å². The predicted molar refractivity (Wildman–Crippen MR) is 79.8 cm³/mol. The molecule has 0 radical (unpaired) electrons. The molecule has 1 aromatic rings. The van der Waals surface area contributed by atoms with Crippen molar-refractivity contribution in [2.24, 2.45) is 0 Å². The third-order valence-electron chi connectivity index (χ3n) is 3.94. The van der Waals surface area contributed by atoms with Gasteiger partial charge in [-0.15, -0.1) is 0 Å². The minimum absolute atomic E-state index is 0.719. The Morgan fingerprint density at radius 1 is 1.32 bits per heavy atom. The first-order valence-electron chi connectivity index (χ1n) is 7.41. The lowest BCUT2D eigenvalue weighted by molar-refractivity contribution is 0.154. The number of ether oxygens (including phenoxy) is 1. The highest BCUT2D eigenvalue weighted by molar-refractivity contribution is 5.27. The topological polar surface area (TPSA) is 24.5 Å². The predicted octanol–water partition coefficient (Wildman–Crippen LogP) is 2.31. The molecule has 1 saturated heterocycles. The third kappa shape index (κ3) is 4.22. The molecule has 3 nitrogen and oxygen atoms in total. The maximum atomic E-state index is 5.19. The fraction of sp³-hybridized carbons (Fsp3) is 0.625. The van der Waals surface area contributed by atoms with E-state index in [1.807, 2.05) is 0 Å². The number of benzene rings is 1. The number of piperazine rings is 1. The molecular weight excluding hydrogens is 236 g/mol. The molecule has 3 heteroatoms. The van der Waals surface area contributed by atoms with Crippen molar-refractivity contribution in [1.29, 1.82) is 0 Å². The van der Waals surface area contributed by atoms with Gasteiger partial charge in [-0.3, -0.25) is 4.90 Å². The van der Waals surface area contributed by atoms with Crippen molar-refractivity contribution in [2.45, 2.75) is 32.2 Å². The number of hydrogen-bond donors (Lipinski definition) is 1. The Labute approximate surface area is 116 Å². The Hall–Kier alpha value is -1.06. The average molecular weight is 262 g/mol. The molecular formula is C16H26N2O. The zero-order valence-corrected chi connectivity index (χ0v) is 12.2. The largest absolute Gasteiger partial charge is 0.497 e. The lowest BCUT2D eigenvalue weighted by atomic mass is 10.1. The summed E-state index contributed by atoms with van der Waals surface area (Å²) in [5, 5.41) is 3.50. The van der Waals surface area contributed by atoms with Gasteiger partial charge in [-0.05, 0) is 30.5 Å². The van der Waals surface area contributed by atoms with Crippen LogP contribution in [0.15, 0.2) is 24.3 Å². The normalized spacial score (nSPS) is 20.4. The first kappa shape index (κ1) is 14.4. The molecule has 0 amide bonds. The Kier molecular flexibility index (Phi) is 5.67. The van der Waals surface area contributed by atoms with Crippen LogP contribution in [0, 0.1) is 0 Å². The second kappa shape index (κ2) is 7.51. The van der Waals surface area contributed by atoms with E-state index in [9.17, 15) is 0 Å². The smallest absolute Gasteiger partial charge is 0.118 e. The number of hydrogen-bond acceptors (Lipinski definition) is 3. The van der Waals surface area contributed by atoms with E-state index in [0.29, 0.717) is 0 Å². The molecule has 1 heterocycles. The van der Waals surface area contributed by atoms with E-state index in [1.165, 1.54) is 31.5 Å². The van der Waals surface area contributed by atoms with E-state index in [4.69, 9.17) is 4.74 Å². The highest BCUT2D eigenvalue weighted by atomic mass is 16.5. The lowest BCUT2D eigenvalue weighted by Crippen LogP contribution is -2.51. The Bertz CT molecular complexity index is 362. The first-order chi connectivity index (χ1) is 9.33. The van der Waals surface area contributed by atoms with E-state index in [1.54, 1.807) is 7.11 Å². The molecule has 1 aliphatic rings. The van der Waals surface area contributed by atoms with Crippen molar-refractivity contribution in [3.8, 4) is 5.75 Å². The molecule has 0 saturated carbocycles. The van der Waals surface area contributed by atoms with Crippen LogP contribution in [0.1, 0.15) is 25.3 Å². The van der Waals surface area contributed by atoms with Gasteiger partial charge in [0.15, 0.2) is 0 Å². The Morgan fingerprint density at radius 3 is 2.79 bits per heavy atom. The summed E-state index contributed by atoms with van der Waals surface area (Å²) in [5.41, 5.74) is 1.40. The molecule has 0 aliphatic carbocycles. The zero-order chi connectivity index (χ0) is 13.5. The van der Waals surface area contributed by atoms with E-state index < -0.39 is 0 Å². The van der Waals surface area contributed by atoms with Crippen LogP contribution in [0.2, 0.25) is 0 Å². The SMILES string of the molecule is CCCC1CNCCN1CCc1ccc(OC)cc1. The van der Waals surface area contributed by atoms with Gasteiger partial charge in [-0.1, -0.05) is 25.5 Å². The van der Waals surface area contributed by atoms with Gasteiger partial charge in [0.2, 0.25) is 0 Å². The van der Waals surface area contributed by atoms with Crippen molar-refractivity contribution in [3.05, 3.63) is 29.8 Å². The summed E-state index contributed by atoms with van der Waals surface area (Å²) in [4.78, 5) is 2.64. The fourth-order valence-electron chi connectivity index (χ4n) is 2.78. The molecule has 106 valence electrons. The minimum Gasteiger partial charge on any atom is -0.497 e. The lowest BCUT2D eigenvalue weighted by Gasteiger charge is -2.36. The van der Waals surface area contributed by atoms with Gasteiger partial charge in [-0.25, -0.2) is 0 Å². The summed E-state index contributed by atoms with van der Waals surface area (Å²) in [6, 6.07) is 9.18. The van der Waals surface area contributed by atoms with Gasteiger partial charge in [0, 0.05) is 32.2 Å². The maximum Gasteiger partial charge on any atom is 0.118 e. The second-order valence-corrected chi connectivity index (χ2v) is 5.28. The van der Waals surface area contributed by atoms with Crippen LogP contribution in [-0.2, 0) is 6.42 Å². The van der Waals surface area contributed by atoms with Crippen LogP contribution in [0.3, 0.4) is 0 Å². The van der Waals surface area contributed by atoms with Crippen LogP contribution >= 0.6 is 0 Å². The van der Waals surface area contributed by atoms with Crippen LogP contribution < -0.4 is 10.1 Å². The Balaban J connectivity index is 1.85. The molecule has 1 aromatic carbocycles. The van der Waals surface area contributed by atoms with Crippen LogP contribution in [0.4, 0.5) is 0 Å². The first-order valence-corrected chi connectivity index (χ1v) is 7.41. The standard InChI is InChI=1S/C16H26N2O/c1-3-4-15-13-17-10-12-18(15)11-9-14-5-7-16(19-2)8-6-14/h5-8,15,17H,3-4,9-13H2,1-2H3. The van der Waals surface area contributed by atoms with E-state index in [2.05, 4.69) is 41.4 Å². The van der Waals surface area contributed by atoms with Crippen LogP contribution in [0.5, 0.6) is 5.75 Å². The quantitative estimate of drug-likeness (QED) is 0.851.